The number of nitrogens with one attached hydrogen (secondary N) is 1. The van der Waals surface area contributed by atoms with E-state index in [0.29, 0.717) is 6.54 Å². The van der Waals surface area contributed by atoms with Gasteiger partial charge in [0.05, 0.1) is 28.7 Å². The van der Waals surface area contributed by atoms with Gasteiger partial charge in [0.2, 0.25) is 10.0 Å². The van der Waals surface area contributed by atoms with Crippen LogP contribution < -0.4 is 10.5 Å². The Kier molecular flexibility index (Phi) is 4.26. The molecule has 0 atom stereocenters. The van der Waals surface area contributed by atoms with Crippen molar-refractivity contribution in [1.82, 2.24) is 0 Å². The van der Waals surface area contributed by atoms with Gasteiger partial charge < -0.3 is 14.8 Å². The number of nitrogens with two attached hydrogens (primary N) is 1. The number of benzene rings is 1. The standard InChI is InChI=1S/C12H12N2O5S2/c13-21(17,18)11-3-8(12(15)16)9(4-10(11)20)14-5-7-1-2-19-6-7/h1-4,6,14,20H,5H2,(H,15,16)(H2,13,17,18). The number of sulfonamides is 1. The van der Waals surface area contributed by atoms with Crippen LogP contribution in [0.2, 0.25) is 0 Å². The van der Waals surface area contributed by atoms with Gasteiger partial charge in [0.15, 0.2) is 0 Å². The third kappa shape index (κ3) is 3.57. The Morgan fingerprint density at radius 1 is 1.43 bits per heavy atom. The topological polar surface area (TPSA) is 123 Å². The number of rotatable bonds is 5. The Morgan fingerprint density at radius 2 is 2.14 bits per heavy atom. The average Bonchev–Trinajstić information content (AvgIpc) is 2.87. The Labute approximate surface area is 126 Å². The summed E-state index contributed by atoms with van der Waals surface area (Å²) in [6.07, 6.45) is 3.00. The molecule has 0 unspecified atom stereocenters. The Bertz CT molecular complexity index is 769. The van der Waals surface area contributed by atoms with Gasteiger partial charge in [-0.3, -0.25) is 0 Å². The van der Waals surface area contributed by atoms with Crippen molar-refractivity contribution in [3.63, 3.8) is 0 Å². The molecule has 9 heteroatoms. The molecule has 112 valence electrons. The number of carboxylic acid groups (broad SMARTS) is 1. The lowest BCUT2D eigenvalue weighted by Gasteiger charge is -2.12. The van der Waals surface area contributed by atoms with Crippen molar-refractivity contribution in [3.8, 4) is 0 Å². The number of hydrogen-bond acceptors (Lipinski definition) is 6. The Balaban J connectivity index is 2.41. The summed E-state index contributed by atoms with van der Waals surface area (Å²) in [7, 11) is -4.05. The summed E-state index contributed by atoms with van der Waals surface area (Å²) in [5.41, 5.74) is 0.837. The Morgan fingerprint density at radius 3 is 2.67 bits per heavy atom. The number of thiol groups is 1. The van der Waals surface area contributed by atoms with E-state index < -0.39 is 16.0 Å². The van der Waals surface area contributed by atoms with Gasteiger partial charge in [-0.2, -0.15) is 0 Å². The van der Waals surface area contributed by atoms with Gasteiger partial charge >= 0.3 is 5.97 Å². The van der Waals surface area contributed by atoms with E-state index in [-0.39, 0.29) is 21.0 Å². The van der Waals surface area contributed by atoms with Crippen LogP contribution in [0.4, 0.5) is 5.69 Å². The van der Waals surface area contributed by atoms with Gasteiger partial charge in [-0.15, -0.1) is 12.6 Å². The predicted molar refractivity (Wildman–Crippen MR) is 78.1 cm³/mol. The number of primary sulfonamides is 1. The summed E-state index contributed by atoms with van der Waals surface area (Å²) in [4.78, 5) is 11.0. The predicted octanol–water partition coefficient (Wildman–Crippen LogP) is 1.53. The van der Waals surface area contributed by atoms with Gasteiger partial charge in [0, 0.05) is 17.0 Å². The highest BCUT2D eigenvalue weighted by Crippen LogP contribution is 2.27. The Hall–Kier alpha value is -1.97. The molecule has 1 aromatic heterocycles. The molecule has 0 saturated heterocycles. The van der Waals surface area contributed by atoms with E-state index in [0.717, 1.165) is 11.6 Å². The zero-order valence-electron chi connectivity index (χ0n) is 10.6. The third-order valence-electron chi connectivity index (χ3n) is 2.70. The van der Waals surface area contributed by atoms with Crippen LogP contribution in [-0.4, -0.2) is 19.5 Å². The van der Waals surface area contributed by atoms with Crippen molar-refractivity contribution < 1.29 is 22.7 Å². The fraction of sp³-hybridized carbons (Fsp3) is 0.0833. The number of furan rings is 1. The van der Waals surface area contributed by atoms with Crippen molar-refractivity contribution in [3.05, 3.63) is 41.9 Å². The summed E-state index contributed by atoms with van der Waals surface area (Å²) in [5, 5.41) is 17.1. The first-order valence-corrected chi connectivity index (χ1v) is 7.66. The minimum Gasteiger partial charge on any atom is -0.478 e. The summed E-state index contributed by atoms with van der Waals surface area (Å²) < 4.78 is 27.7. The van der Waals surface area contributed by atoms with Crippen molar-refractivity contribution >= 4 is 34.3 Å². The summed E-state index contributed by atoms with van der Waals surface area (Å²) in [5.74, 6) is -1.28. The van der Waals surface area contributed by atoms with E-state index in [1.165, 1.54) is 18.6 Å². The molecule has 4 N–H and O–H groups in total. The van der Waals surface area contributed by atoms with Crippen molar-refractivity contribution in [2.45, 2.75) is 16.3 Å². The molecule has 0 bridgehead atoms. The van der Waals surface area contributed by atoms with E-state index >= 15 is 0 Å². The first-order valence-electron chi connectivity index (χ1n) is 5.67. The monoisotopic (exact) mass is 328 g/mol. The second-order valence-corrected chi connectivity index (χ2v) is 6.21. The molecule has 2 rings (SSSR count). The fourth-order valence-corrected chi connectivity index (χ4v) is 2.92. The van der Waals surface area contributed by atoms with Crippen LogP contribution in [0.25, 0.3) is 0 Å². The summed E-state index contributed by atoms with van der Waals surface area (Å²) in [6, 6.07) is 4.01. The minimum atomic E-state index is -4.05. The average molecular weight is 328 g/mol. The van der Waals surface area contributed by atoms with Crippen LogP contribution in [-0.2, 0) is 16.6 Å². The molecule has 0 radical (unpaired) electrons. The number of carbonyl (C=O) groups is 1. The normalized spacial score (nSPS) is 11.3. The second kappa shape index (κ2) is 5.80. The quantitative estimate of drug-likeness (QED) is 0.617. The molecule has 21 heavy (non-hydrogen) atoms. The van der Waals surface area contributed by atoms with Crippen molar-refractivity contribution in [2.75, 3.05) is 5.32 Å². The highest BCUT2D eigenvalue weighted by molar-refractivity contribution is 7.90. The van der Waals surface area contributed by atoms with Crippen LogP contribution in [0.5, 0.6) is 0 Å². The molecule has 1 heterocycles. The molecule has 7 nitrogen and oxygen atoms in total. The zero-order chi connectivity index (χ0) is 15.6. The highest BCUT2D eigenvalue weighted by Gasteiger charge is 2.19. The second-order valence-electron chi connectivity index (χ2n) is 4.20. The molecule has 2 aromatic rings. The SMILES string of the molecule is NS(=O)(=O)c1cc(C(=O)O)c(NCc2ccoc2)cc1S. The molecule has 0 aliphatic heterocycles. The lowest BCUT2D eigenvalue weighted by molar-refractivity contribution is 0.0697. The van der Waals surface area contributed by atoms with Crippen LogP contribution in [0, 0.1) is 0 Å². The zero-order valence-corrected chi connectivity index (χ0v) is 12.3. The van der Waals surface area contributed by atoms with Gasteiger partial charge in [-0.25, -0.2) is 18.4 Å². The summed E-state index contributed by atoms with van der Waals surface area (Å²) >= 11 is 4.03. The molecule has 0 saturated carbocycles. The molecule has 0 aliphatic rings. The molecule has 0 aliphatic carbocycles. The first kappa shape index (κ1) is 15.4. The van der Waals surface area contributed by atoms with E-state index in [2.05, 4.69) is 17.9 Å². The van der Waals surface area contributed by atoms with Crippen molar-refractivity contribution in [1.29, 1.82) is 0 Å². The van der Waals surface area contributed by atoms with Crippen LogP contribution in [0.3, 0.4) is 0 Å². The van der Waals surface area contributed by atoms with Gasteiger partial charge in [0.25, 0.3) is 0 Å². The lowest BCUT2D eigenvalue weighted by atomic mass is 10.1. The smallest absolute Gasteiger partial charge is 0.337 e. The molecular weight excluding hydrogens is 316 g/mol. The van der Waals surface area contributed by atoms with E-state index in [1.54, 1.807) is 6.07 Å². The number of hydrogen-bond donors (Lipinski definition) is 4. The van der Waals surface area contributed by atoms with Crippen LogP contribution >= 0.6 is 12.6 Å². The fourth-order valence-electron chi connectivity index (χ4n) is 1.71. The molecule has 0 spiro atoms. The van der Waals surface area contributed by atoms with E-state index in [1.807, 2.05) is 0 Å². The van der Waals surface area contributed by atoms with E-state index in [9.17, 15) is 18.3 Å². The largest absolute Gasteiger partial charge is 0.478 e. The van der Waals surface area contributed by atoms with Gasteiger partial charge in [-0.05, 0) is 18.2 Å². The first-order chi connectivity index (χ1) is 9.79. The van der Waals surface area contributed by atoms with Crippen LogP contribution in [0.1, 0.15) is 15.9 Å². The third-order valence-corrected chi connectivity index (χ3v) is 4.17. The van der Waals surface area contributed by atoms with E-state index in [4.69, 9.17) is 9.56 Å². The van der Waals surface area contributed by atoms with Crippen molar-refractivity contribution in [2.24, 2.45) is 5.14 Å². The van der Waals surface area contributed by atoms with Crippen LogP contribution in [0.15, 0.2) is 44.9 Å². The molecule has 1 aromatic carbocycles. The number of carboxylic acids is 1. The van der Waals surface area contributed by atoms with Gasteiger partial charge in [0.1, 0.15) is 0 Å². The lowest BCUT2D eigenvalue weighted by Crippen LogP contribution is -2.15. The minimum absolute atomic E-state index is 0.0668. The molecule has 0 fully saturated rings. The number of anilines is 1. The summed E-state index contributed by atoms with van der Waals surface area (Å²) in [6.45, 7) is 0.318. The maximum absolute atomic E-state index is 11.4. The highest BCUT2D eigenvalue weighted by atomic mass is 32.2. The maximum atomic E-state index is 11.4. The molecule has 0 amide bonds. The van der Waals surface area contributed by atoms with Gasteiger partial charge in [-0.1, -0.05) is 0 Å². The number of aromatic carboxylic acids is 1. The molecular formula is C12H12N2O5S2. The maximum Gasteiger partial charge on any atom is 0.337 e.